The molecule has 0 atom stereocenters. The lowest BCUT2D eigenvalue weighted by atomic mass is 9.93. The molecule has 0 radical (unpaired) electrons. The van der Waals surface area contributed by atoms with Crippen molar-refractivity contribution >= 4 is 144 Å². The van der Waals surface area contributed by atoms with Crippen molar-refractivity contribution in [1.29, 1.82) is 0 Å². The van der Waals surface area contributed by atoms with Gasteiger partial charge in [0.05, 0.1) is 27.7 Å². The molecule has 4 aliphatic rings. The Hall–Kier alpha value is -11.3. The van der Waals surface area contributed by atoms with Crippen LogP contribution in [-0.4, -0.2) is 101 Å². The number of para-hydroxylation sites is 2. The zero-order valence-electron chi connectivity index (χ0n) is 72.8. The van der Waals surface area contributed by atoms with Crippen LogP contribution in [0.5, 0.6) is 0 Å². The monoisotopic (exact) mass is 1880 g/mol. The molecule has 0 saturated carbocycles. The normalized spacial score (nSPS) is 12.5. The highest BCUT2D eigenvalue weighted by molar-refractivity contribution is 8.00. The second kappa shape index (κ2) is 40.6. The molecule has 26 heteroatoms. The van der Waals surface area contributed by atoms with E-state index >= 15 is 0 Å². The fourth-order valence-electron chi connectivity index (χ4n) is 17.1. The predicted octanol–water partition coefficient (Wildman–Crippen LogP) is 23.6. The van der Waals surface area contributed by atoms with Crippen molar-refractivity contribution in [1.82, 2.24) is 9.15 Å². The van der Waals surface area contributed by atoms with E-state index in [0.717, 1.165) is 114 Å². The number of thioether (sulfide) groups is 4. The lowest BCUT2D eigenvalue weighted by Crippen LogP contribution is -2.29. The minimum absolute atomic E-state index is 0.225. The molecule has 12 aromatic carbocycles. The lowest BCUT2D eigenvalue weighted by Gasteiger charge is -2.29. The smallest absolute Gasteiger partial charge is 0.295 e. The molecule has 12 aromatic rings. The van der Waals surface area contributed by atoms with Crippen LogP contribution in [-0.2, 0) is 40.5 Å². The number of rotatable bonds is 30. The van der Waals surface area contributed by atoms with E-state index in [2.05, 4.69) is 119 Å². The molecule has 0 aromatic heterocycles. The molecule has 130 heavy (non-hydrogen) atoms. The molecule has 2 heterocycles. The van der Waals surface area contributed by atoms with Crippen LogP contribution in [0.4, 0.5) is 34.1 Å². The number of hydrogen-bond donors (Lipinski definition) is 2. The standard InChI is InChI=1S/C53H50N2O7S4.C51H46N2O7S4/c1-36-16-13-17-37(2)52(36)54(28-14-30-63-42-18-7-5-8-19-42)40-24-26-45-48(34-40)62-49-35-41(25-27-46(49)51(45)47-22-11-12-23-50(47)66(59,60)61)55(29-15-31-64-43-20-9-6-10-21-43)53-38(3)32-44(33-39(53)4)65(56,57)58;1-34-14-13-15-35(2)50(34)52(26-28-61-40-16-7-5-8-17-40)38-22-24-43-46(32-38)60-47-33-39(23-25-44(47)49(43)45-20-11-12-21-48(45)64(57,58)59)53(27-29-62-41-18-9-6-10-19-41)51-36(3)30-42(31-37(51)4)63(54,55)56/h5-13,16-27,32-35H,14-15,28-31H2,1-4H3,(H-,56,57,58,59,60,61);5-25,30-33H,26-29H2,1-4H3,(H-,54,55,56,57,58,59). The number of anilines is 4. The highest BCUT2D eigenvalue weighted by Crippen LogP contribution is 2.48. The zero-order valence-corrected chi connectivity index (χ0v) is 79.3. The van der Waals surface area contributed by atoms with Gasteiger partial charge < -0.3 is 27.7 Å². The van der Waals surface area contributed by atoms with Gasteiger partial charge >= 0.3 is 0 Å². The van der Waals surface area contributed by atoms with Crippen LogP contribution < -0.4 is 29.7 Å². The molecule has 2 N–H and O–H groups in total. The molecule has 2 aliphatic heterocycles. The summed E-state index contributed by atoms with van der Waals surface area (Å²) >= 11 is 7.01. The van der Waals surface area contributed by atoms with Crippen LogP contribution in [0.15, 0.2) is 351 Å². The van der Waals surface area contributed by atoms with Gasteiger partial charge in [-0.1, -0.05) is 146 Å². The first-order valence-corrected chi connectivity index (χ1v) is 51.9. The Morgan fingerprint density at radius 3 is 1.04 bits per heavy atom. The van der Waals surface area contributed by atoms with Crippen molar-refractivity contribution in [3.63, 3.8) is 0 Å². The lowest BCUT2D eigenvalue weighted by molar-refractivity contribution is 0.460. The molecule has 0 amide bonds. The van der Waals surface area contributed by atoms with Gasteiger partial charge in [-0.15, -0.1) is 47.0 Å². The fraction of sp³-hybridized carbons (Fsp3) is 0.173. The Kier molecular flexibility index (Phi) is 29.1. The van der Waals surface area contributed by atoms with Crippen LogP contribution in [0, 0.1) is 55.4 Å². The van der Waals surface area contributed by atoms with E-state index in [-0.39, 0.29) is 19.6 Å². The number of fused-ring (bicyclic) bond motifs is 4. The maximum absolute atomic E-state index is 13.0. The van der Waals surface area contributed by atoms with E-state index in [4.69, 9.17) is 8.83 Å². The predicted molar refractivity (Wildman–Crippen MR) is 527 cm³/mol. The van der Waals surface area contributed by atoms with Gasteiger partial charge in [0.1, 0.15) is 59.3 Å². The van der Waals surface area contributed by atoms with Gasteiger partial charge in [0.15, 0.2) is 6.54 Å². The summed E-state index contributed by atoms with van der Waals surface area (Å²) in [6.07, 6.45) is 1.64. The summed E-state index contributed by atoms with van der Waals surface area (Å²) in [6.45, 7) is 18.0. The summed E-state index contributed by atoms with van der Waals surface area (Å²) in [5.74, 6) is 4.08. The summed E-state index contributed by atoms with van der Waals surface area (Å²) in [7, 11) is -18.7. The van der Waals surface area contributed by atoms with Gasteiger partial charge in [-0.2, -0.15) is 26.0 Å². The first kappa shape index (κ1) is 93.3. The SMILES string of the molecule is Cc1cccc(C)c1N(CCCSc1ccccc1)c1ccc2c(-c3ccccc3S(=O)(=O)O)c3ccc(=[N+](CCCSc4ccccc4)c4c(C)cc(S(=O)(=O)[O-])cc4C)cc-3oc2c1.Cc1cccc(C)c1N(CCSc1ccccc1)c1ccc2c(-c3ccccc3S(=O)(=O)O)c3ccc(=[N+](CCSc4ccccc4)c4c(C)cc(S(=O)(=O)[O-])cc4C)cc-3oc2c1. The zero-order chi connectivity index (χ0) is 91.8. The van der Waals surface area contributed by atoms with E-state index in [9.17, 15) is 51.9 Å². The van der Waals surface area contributed by atoms with Crippen molar-refractivity contribution in [2.75, 3.05) is 59.0 Å². The second-order valence-electron chi connectivity index (χ2n) is 31.8. The molecule has 0 fully saturated rings. The molecular formula is C104H96N4O14S8. The Bertz CT molecular complexity index is 7400. The third kappa shape index (κ3) is 21.6. The average Bonchev–Trinajstić information content (AvgIpc) is 0.739. The van der Waals surface area contributed by atoms with Crippen LogP contribution in [0.2, 0.25) is 0 Å². The highest BCUT2D eigenvalue weighted by Gasteiger charge is 2.31. The van der Waals surface area contributed by atoms with E-state index in [0.29, 0.717) is 114 Å². The number of benzene rings is 14. The minimum atomic E-state index is -4.71. The van der Waals surface area contributed by atoms with E-state index in [1.54, 1.807) is 99.4 Å². The molecule has 0 spiro atoms. The maximum atomic E-state index is 13.0. The summed E-state index contributed by atoms with van der Waals surface area (Å²) in [6, 6.07) is 95.3. The van der Waals surface area contributed by atoms with Gasteiger partial charge in [0.2, 0.25) is 22.1 Å². The van der Waals surface area contributed by atoms with Gasteiger partial charge in [-0.25, -0.2) is 16.8 Å². The number of aryl methyl sites for hydroxylation is 8. The third-order valence-corrected chi connectivity index (χ3v) is 30.3. The minimum Gasteiger partial charge on any atom is -0.744 e. The first-order valence-electron chi connectivity index (χ1n) is 42.2. The third-order valence-electron chi connectivity index (χ3n) is 22.7. The van der Waals surface area contributed by atoms with Crippen LogP contribution in [0.3, 0.4) is 0 Å². The second-order valence-corrected chi connectivity index (χ2v) is 42.0. The Morgan fingerprint density at radius 1 is 0.323 bits per heavy atom. The summed E-state index contributed by atoms with van der Waals surface area (Å²) in [4.78, 5) is 8.21. The highest BCUT2D eigenvalue weighted by atomic mass is 32.2. The van der Waals surface area contributed by atoms with Crippen molar-refractivity contribution in [2.45, 2.75) is 107 Å². The van der Waals surface area contributed by atoms with E-state index < -0.39 is 40.5 Å². The molecule has 2 aliphatic carbocycles. The molecule has 0 saturated heterocycles. The van der Waals surface area contributed by atoms with Crippen molar-refractivity contribution < 1.29 is 60.7 Å². The maximum Gasteiger partial charge on any atom is 0.295 e. The Labute approximate surface area is 776 Å². The first-order chi connectivity index (χ1) is 62.3. The largest absolute Gasteiger partial charge is 0.744 e. The number of nitrogens with zero attached hydrogens (tertiary/aromatic N) is 4. The summed E-state index contributed by atoms with van der Waals surface area (Å²) < 4.78 is 164. The summed E-state index contributed by atoms with van der Waals surface area (Å²) in [5.41, 5.74) is 16.5. The molecular weight excluding hydrogens is 1790 g/mol. The molecule has 0 unspecified atom stereocenters. The van der Waals surface area contributed by atoms with E-state index in [1.807, 2.05) is 169 Å². The van der Waals surface area contributed by atoms with Gasteiger partial charge in [0, 0.05) is 164 Å². The number of hydrogen-bond acceptors (Lipinski definition) is 18. The van der Waals surface area contributed by atoms with Crippen molar-refractivity contribution in [3.05, 3.63) is 359 Å². The van der Waals surface area contributed by atoms with Gasteiger partial charge in [0.25, 0.3) is 20.2 Å². The molecule has 16 rings (SSSR count). The van der Waals surface area contributed by atoms with Gasteiger partial charge in [-0.3, -0.25) is 9.11 Å². The summed E-state index contributed by atoms with van der Waals surface area (Å²) in [5, 5.41) is 2.79. The van der Waals surface area contributed by atoms with Gasteiger partial charge in [-0.05, 0) is 211 Å². The van der Waals surface area contributed by atoms with Crippen molar-refractivity contribution in [2.24, 2.45) is 0 Å². The van der Waals surface area contributed by atoms with Crippen LogP contribution in [0.1, 0.15) is 57.3 Å². The van der Waals surface area contributed by atoms with E-state index in [1.165, 1.54) is 46.2 Å². The quantitative estimate of drug-likeness (QED) is 0.0139. The van der Waals surface area contributed by atoms with Crippen molar-refractivity contribution in [3.8, 4) is 44.9 Å². The molecule has 18 nitrogen and oxygen atoms in total. The molecule has 664 valence electrons. The van der Waals surface area contributed by atoms with Crippen LogP contribution in [0.25, 0.3) is 66.8 Å². The average molecular weight is 1880 g/mol. The topological polar surface area (TPSA) is 262 Å². The van der Waals surface area contributed by atoms with Crippen LogP contribution >= 0.6 is 47.0 Å². The fourth-order valence-corrected chi connectivity index (χ4v) is 23.2. The Balaban J connectivity index is 0.000000199. The Morgan fingerprint density at radius 2 is 0.662 bits per heavy atom. The molecule has 0 bridgehead atoms.